The van der Waals surface area contributed by atoms with Crippen molar-refractivity contribution in [2.75, 3.05) is 11.5 Å². The van der Waals surface area contributed by atoms with E-state index in [9.17, 15) is 4.79 Å². The van der Waals surface area contributed by atoms with E-state index in [1.807, 2.05) is 0 Å². The molecule has 2 nitrogen and oxygen atoms in total. The number of carboxylic acids is 1. The number of rotatable bonds is 12. The second kappa shape index (κ2) is 10.1. The lowest BCUT2D eigenvalue weighted by atomic mass is 9.77. The van der Waals surface area contributed by atoms with Gasteiger partial charge < -0.3 is 5.11 Å². The van der Waals surface area contributed by atoms with Crippen LogP contribution in [0.5, 0.6) is 0 Å². The minimum atomic E-state index is -0.645. The van der Waals surface area contributed by atoms with Gasteiger partial charge in [-0.2, -0.15) is 23.5 Å². The van der Waals surface area contributed by atoms with Gasteiger partial charge in [-0.05, 0) is 55.4 Å². The Kier molecular flexibility index (Phi) is 8.52. The van der Waals surface area contributed by atoms with Gasteiger partial charge in [0.2, 0.25) is 0 Å². The molecule has 0 aromatic heterocycles. The number of hydrogen-bond donors (Lipinski definition) is 1. The third kappa shape index (κ3) is 5.67. The molecule has 2 aliphatic rings. The van der Waals surface area contributed by atoms with Crippen LogP contribution >= 0.6 is 23.5 Å². The van der Waals surface area contributed by atoms with Gasteiger partial charge in [0.25, 0.3) is 0 Å². The zero-order valence-corrected chi connectivity index (χ0v) is 15.6. The first kappa shape index (κ1) is 18.5. The lowest BCUT2D eigenvalue weighted by molar-refractivity contribution is -0.137. The van der Waals surface area contributed by atoms with Crippen LogP contribution in [0, 0.1) is 11.8 Å². The average Bonchev–Trinajstić information content (AvgIpc) is 3.08. The molecule has 2 bridgehead atoms. The fraction of sp³-hybridized carbons (Fsp3) is 0.944. The van der Waals surface area contributed by atoms with E-state index in [-0.39, 0.29) is 0 Å². The largest absolute Gasteiger partial charge is 0.481 e. The van der Waals surface area contributed by atoms with Crippen molar-refractivity contribution in [3.63, 3.8) is 0 Å². The van der Waals surface area contributed by atoms with E-state index in [0.717, 1.165) is 35.2 Å². The Hall–Kier alpha value is 0.170. The van der Waals surface area contributed by atoms with E-state index >= 15 is 0 Å². The number of unbranched alkanes of at least 4 members (excludes halogenated alkanes) is 4. The topological polar surface area (TPSA) is 37.3 Å². The maximum absolute atomic E-state index is 10.5. The van der Waals surface area contributed by atoms with Gasteiger partial charge in [-0.3, -0.25) is 4.79 Å². The Morgan fingerprint density at radius 2 is 1.82 bits per heavy atom. The first-order chi connectivity index (χ1) is 10.7. The SMILES string of the molecule is CCCCSCC1C2CCC(S2)C1CCCCCCC(=O)O. The van der Waals surface area contributed by atoms with Crippen LogP contribution in [0.25, 0.3) is 0 Å². The number of carboxylic acid groups (broad SMARTS) is 1. The van der Waals surface area contributed by atoms with Gasteiger partial charge >= 0.3 is 5.97 Å². The summed E-state index contributed by atoms with van der Waals surface area (Å²) in [4.78, 5) is 10.5. The highest BCUT2D eigenvalue weighted by atomic mass is 32.2. The summed E-state index contributed by atoms with van der Waals surface area (Å²) in [6, 6.07) is 0. The van der Waals surface area contributed by atoms with Crippen molar-refractivity contribution >= 4 is 29.5 Å². The van der Waals surface area contributed by atoms with E-state index in [2.05, 4.69) is 30.4 Å². The molecule has 4 atom stereocenters. The van der Waals surface area contributed by atoms with E-state index in [0.29, 0.717) is 6.42 Å². The summed E-state index contributed by atoms with van der Waals surface area (Å²) in [5.41, 5.74) is 0. The van der Waals surface area contributed by atoms with Crippen molar-refractivity contribution in [3.8, 4) is 0 Å². The van der Waals surface area contributed by atoms with Gasteiger partial charge in [0.05, 0.1) is 0 Å². The van der Waals surface area contributed by atoms with Crippen LogP contribution in [-0.4, -0.2) is 33.1 Å². The molecular weight excluding hydrogens is 312 g/mol. The molecule has 22 heavy (non-hydrogen) atoms. The minimum absolute atomic E-state index is 0.348. The number of hydrogen-bond acceptors (Lipinski definition) is 3. The molecule has 0 amide bonds. The van der Waals surface area contributed by atoms with E-state index in [1.54, 1.807) is 0 Å². The van der Waals surface area contributed by atoms with Crippen molar-refractivity contribution in [1.82, 2.24) is 0 Å². The van der Waals surface area contributed by atoms with Crippen molar-refractivity contribution in [3.05, 3.63) is 0 Å². The van der Waals surface area contributed by atoms with Gasteiger partial charge in [-0.15, -0.1) is 0 Å². The van der Waals surface area contributed by atoms with Gasteiger partial charge in [-0.1, -0.05) is 32.6 Å². The van der Waals surface area contributed by atoms with E-state index < -0.39 is 5.97 Å². The maximum Gasteiger partial charge on any atom is 0.303 e. The third-order valence-electron chi connectivity index (χ3n) is 5.22. The van der Waals surface area contributed by atoms with Crippen LogP contribution in [0.2, 0.25) is 0 Å². The second-order valence-electron chi connectivity index (χ2n) is 6.89. The molecule has 1 N–H and O–H groups in total. The molecular formula is C18H32O2S2. The number of aliphatic carboxylic acids is 1. The smallest absolute Gasteiger partial charge is 0.303 e. The van der Waals surface area contributed by atoms with Gasteiger partial charge in [0, 0.05) is 16.9 Å². The van der Waals surface area contributed by atoms with E-state index in [4.69, 9.17) is 5.11 Å². The molecule has 0 radical (unpaired) electrons. The molecule has 2 heterocycles. The summed E-state index contributed by atoms with van der Waals surface area (Å²) in [6.07, 6.45) is 11.8. The number of fused-ring (bicyclic) bond motifs is 2. The molecule has 2 rings (SSSR count). The molecule has 2 saturated heterocycles. The highest BCUT2D eigenvalue weighted by Gasteiger charge is 2.47. The summed E-state index contributed by atoms with van der Waals surface area (Å²) in [6.45, 7) is 2.28. The highest BCUT2D eigenvalue weighted by Crippen LogP contribution is 2.55. The molecule has 2 aliphatic heterocycles. The lowest BCUT2D eigenvalue weighted by Crippen LogP contribution is -2.29. The average molecular weight is 345 g/mol. The van der Waals surface area contributed by atoms with Crippen LogP contribution in [-0.2, 0) is 4.79 Å². The van der Waals surface area contributed by atoms with Crippen molar-refractivity contribution < 1.29 is 9.90 Å². The molecule has 0 aliphatic carbocycles. The Labute approximate surface area is 144 Å². The maximum atomic E-state index is 10.5. The fourth-order valence-electron chi connectivity index (χ4n) is 3.98. The van der Waals surface area contributed by atoms with Gasteiger partial charge in [-0.25, -0.2) is 0 Å². The number of carbonyl (C=O) groups is 1. The second-order valence-corrected chi connectivity index (χ2v) is 9.53. The van der Waals surface area contributed by atoms with Crippen LogP contribution < -0.4 is 0 Å². The third-order valence-corrected chi connectivity index (χ3v) is 8.29. The first-order valence-corrected chi connectivity index (χ1v) is 11.3. The molecule has 0 spiro atoms. The summed E-state index contributed by atoms with van der Waals surface area (Å²) < 4.78 is 0. The monoisotopic (exact) mass is 344 g/mol. The Bertz CT molecular complexity index is 335. The molecule has 4 heteroatoms. The van der Waals surface area contributed by atoms with Crippen LogP contribution in [0.4, 0.5) is 0 Å². The Morgan fingerprint density at radius 3 is 2.55 bits per heavy atom. The zero-order chi connectivity index (χ0) is 15.8. The molecule has 2 fully saturated rings. The van der Waals surface area contributed by atoms with Crippen LogP contribution in [0.1, 0.15) is 71.1 Å². The molecule has 4 unspecified atom stereocenters. The highest BCUT2D eigenvalue weighted by molar-refractivity contribution is 8.01. The summed E-state index contributed by atoms with van der Waals surface area (Å²) >= 11 is 4.48. The summed E-state index contributed by atoms with van der Waals surface area (Å²) in [7, 11) is 0. The number of thioether (sulfide) groups is 2. The predicted molar refractivity (Wildman–Crippen MR) is 99.0 cm³/mol. The normalized spacial score (nSPS) is 30.0. The van der Waals surface area contributed by atoms with Crippen LogP contribution in [0.15, 0.2) is 0 Å². The molecule has 0 saturated carbocycles. The van der Waals surface area contributed by atoms with Crippen molar-refractivity contribution in [2.24, 2.45) is 11.8 Å². The lowest BCUT2D eigenvalue weighted by Gasteiger charge is -2.29. The summed E-state index contributed by atoms with van der Waals surface area (Å²) in [5, 5.41) is 10.6. The van der Waals surface area contributed by atoms with Crippen molar-refractivity contribution in [1.29, 1.82) is 0 Å². The van der Waals surface area contributed by atoms with Gasteiger partial charge in [0.15, 0.2) is 0 Å². The standard InChI is InChI=1S/C18H32O2S2/c1-2-3-12-21-13-15-14(16-10-11-17(15)22-16)8-6-4-5-7-9-18(19)20/h14-17H,2-13H2,1H3,(H,19,20). The van der Waals surface area contributed by atoms with Crippen molar-refractivity contribution in [2.45, 2.75) is 81.6 Å². The molecule has 128 valence electrons. The summed E-state index contributed by atoms with van der Waals surface area (Å²) in [5.74, 6) is 4.00. The predicted octanol–water partition coefficient (Wildman–Crippen LogP) is 5.46. The first-order valence-electron chi connectivity index (χ1n) is 9.17. The fourth-order valence-corrected chi connectivity index (χ4v) is 7.54. The van der Waals surface area contributed by atoms with E-state index in [1.165, 1.54) is 56.5 Å². The minimum Gasteiger partial charge on any atom is -0.481 e. The van der Waals surface area contributed by atoms with Gasteiger partial charge in [0.1, 0.15) is 0 Å². The molecule has 0 aromatic carbocycles. The quantitative estimate of drug-likeness (QED) is 0.477. The van der Waals surface area contributed by atoms with Crippen LogP contribution in [0.3, 0.4) is 0 Å². The molecule has 0 aromatic rings. The Balaban J connectivity index is 1.63. The zero-order valence-electron chi connectivity index (χ0n) is 14.0. The Morgan fingerprint density at radius 1 is 1.09 bits per heavy atom.